The zero-order valence-electron chi connectivity index (χ0n) is 10.4. The molecular weight excluding hydrogens is 296 g/mol. The lowest BCUT2D eigenvalue weighted by Gasteiger charge is -2.29. The van der Waals surface area contributed by atoms with Crippen LogP contribution in [0.5, 0.6) is 0 Å². The molecule has 2 heterocycles. The molecule has 0 atom stereocenters. The fraction of sp³-hybridized carbons (Fsp3) is 0.692. The van der Waals surface area contributed by atoms with Crippen molar-refractivity contribution in [1.29, 1.82) is 0 Å². The van der Waals surface area contributed by atoms with E-state index >= 15 is 0 Å². The lowest BCUT2D eigenvalue weighted by Crippen LogP contribution is -2.35. The van der Waals surface area contributed by atoms with Gasteiger partial charge in [0.25, 0.3) is 0 Å². The van der Waals surface area contributed by atoms with E-state index in [1.807, 2.05) is 11.3 Å². The monoisotopic (exact) mass is 316 g/mol. The highest BCUT2D eigenvalue weighted by Crippen LogP contribution is 2.22. The summed E-state index contributed by atoms with van der Waals surface area (Å²) in [6.07, 6.45) is 3.87. The second-order valence-electron chi connectivity index (χ2n) is 4.91. The van der Waals surface area contributed by atoms with Crippen LogP contribution in [0.3, 0.4) is 0 Å². The molecule has 0 saturated carbocycles. The fourth-order valence-corrected chi connectivity index (χ4v) is 3.75. The summed E-state index contributed by atoms with van der Waals surface area (Å²) < 4.78 is 1.24. The maximum atomic E-state index is 3.60. The topological polar surface area (TPSA) is 15.3 Å². The summed E-state index contributed by atoms with van der Waals surface area (Å²) in [6.45, 7) is 4.84. The van der Waals surface area contributed by atoms with E-state index < -0.39 is 0 Å². The normalized spacial score (nSPS) is 18.7. The first-order valence-electron chi connectivity index (χ1n) is 6.37. The summed E-state index contributed by atoms with van der Waals surface area (Å²) in [4.78, 5) is 3.90. The van der Waals surface area contributed by atoms with Gasteiger partial charge in [-0.3, -0.25) is 0 Å². The van der Waals surface area contributed by atoms with Gasteiger partial charge in [-0.2, -0.15) is 0 Å². The lowest BCUT2D eigenvalue weighted by atomic mass is 9.97. The molecule has 2 nitrogen and oxygen atoms in total. The summed E-state index contributed by atoms with van der Waals surface area (Å²) >= 11 is 5.35. The molecule has 1 saturated heterocycles. The predicted molar refractivity (Wildman–Crippen MR) is 78.8 cm³/mol. The molecule has 1 aromatic rings. The summed E-state index contributed by atoms with van der Waals surface area (Å²) in [7, 11) is 2.22. The molecule has 1 aliphatic heterocycles. The zero-order chi connectivity index (χ0) is 12.1. The van der Waals surface area contributed by atoms with Crippen LogP contribution in [-0.2, 0) is 6.42 Å². The number of nitrogens with zero attached hydrogens (tertiary/aromatic N) is 1. The molecule has 1 fully saturated rings. The summed E-state index contributed by atoms with van der Waals surface area (Å²) in [5, 5.41) is 3.60. The third-order valence-corrected chi connectivity index (χ3v) is 5.13. The van der Waals surface area contributed by atoms with Crippen molar-refractivity contribution in [2.75, 3.05) is 33.2 Å². The minimum Gasteiger partial charge on any atom is -0.316 e. The lowest BCUT2D eigenvalue weighted by molar-refractivity contribution is 0.216. The van der Waals surface area contributed by atoms with Crippen LogP contribution in [0, 0.1) is 5.92 Å². The number of likely N-dealkylation sites (tertiary alicyclic amines) is 1. The van der Waals surface area contributed by atoms with Crippen molar-refractivity contribution < 1.29 is 0 Å². The standard InChI is InChI=1S/C13H21BrN2S/c1-16-8-5-11(6-9-16)10-15-7-4-12-2-3-13(14)17-12/h2-3,11,15H,4-10H2,1H3. The Morgan fingerprint density at radius 2 is 2.18 bits per heavy atom. The molecule has 0 bridgehead atoms. The number of hydrogen-bond acceptors (Lipinski definition) is 3. The van der Waals surface area contributed by atoms with E-state index in [2.05, 4.69) is 45.3 Å². The Morgan fingerprint density at radius 3 is 2.82 bits per heavy atom. The van der Waals surface area contributed by atoms with Crippen molar-refractivity contribution in [3.8, 4) is 0 Å². The Kier molecular flexibility index (Phi) is 5.48. The van der Waals surface area contributed by atoms with E-state index in [0.717, 1.165) is 18.9 Å². The molecule has 4 heteroatoms. The second kappa shape index (κ2) is 6.88. The molecule has 0 aromatic carbocycles. The molecule has 17 heavy (non-hydrogen) atoms. The molecule has 0 unspecified atom stereocenters. The van der Waals surface area contributed by atoms with Crippen LogP contribution in [0.25, 0.3) is 0 Å². The number of rotatable bonds is 5. The first-order valence-corrected chi connectivity index (χ1v) is 7.98. The van der Waals surface area contributed by atoms with Gasteiger partial charge in [0.2, 0.25) is 0 Å². The quantitative estimate of drug-likeness (QED) is 0.840. The number of piperidine rings is 1. The van der Waals surface area contributed by atoms with E-state index in [0.29, 0.717) is 0 Å². The third kappa shape index (κ3) is 4.70. The summed E-state index contributed by atoms with van der Waals surface area (Å²) in [6, 6.07) is 4.35. The molecule has 0 radical (unpaired) electrons. The molecule has 2 rings (SSSR count). The van der Waals surface area contributed by atoms with Crippen LogP contribution in [-0.4, -0.2) is 38.1 Å². The Bertz CT molecular complexity index is 332. The average Bonchev–Trinajstić information content (AvgIpc) is 2.73. The van der Waals surface area contributed by atoms with Crippen LogP contribution < -0.4 is 5.32 Å². The summed E-state index contributed by atoms with van der Waals surface area (Å²) in [5.41, 5.74) is 0. The van der Waals surface area contributed by atoms with Gasteiger partial charge in [-0.25, -0.2) is 0 Å². The smallest absolute Gasteiger partial charge is 0.0701 e. The fourth-order valence-electron chi connectivity index (χ4n) is 2.27. The Labute approximate surface area is 117 Å². The van der Waals surface area contributed by atoms with Crippen molar-refractivity contribution in [2.45, 2.75) is 19.3 Å². The van der Waals surface area contributed by atoms with Crippen LogP contribution in [0.4, 0.5) is 0 Å². The van der Waals surface area contributed by atoms with Gasteiger partial charge < -0.3 is 10.2 Å². The molecule has 96 valence electrons. The van der Waals surface area contributed by atoms with Gasteiger partial charge in [0.05, 0.1) is 3.79 Å². The maximum absolute atomic E-state index is 3.60. The highest BCUT2D eigenvalue weighted by molar-refractivity contribution is 9.11. The summed E-state index contributed by atoms with van der Waals surface area (Å²) in [5.74, 6) is 0.890. The molecule has 0 spiro atoms. The van der Waals surface area contributed by atoms with Crippen LogP contribution in [0.1, 0.15) is 17.7 Å². The zero-order valence-corrected chi connectivity index (χ0v) is 12.8. The van der Waals surface area contributed by atoms with E-state index in [-0.39, 0.29) is 0 Å². The minimum atomic E-state index is 0.890. The molecule has 0 amide bonds. The van der Waals surface area contributed by atoms with Gasteiger partial charge >= 0.3 is 0 Å². The SMILES string of the molecule is CN1CCC(CNCCc2ccc(Br)s2)CC1. The van der Waals surface area contributed by atoms with Crippen molar-refractivity contribution in [1.82, 2.24) is 10.2 Å². The highest BCUT2D eigenvalue weighted by atomic mass is 79.9. The first-order chi connectivity index (χ1) is 8.24. The Balaban J connectivity index is 1.57. The van der Waals surface area contributed by atoms with Gasteiger partial charge in [-0.05, 0) is 86.5 Å². The average molecular weight is 317 g/mol. The Morgan fingerprint density at radius 1 is 1.41 bits per heavy atom. The van der Waals surface area contributed by atoms with Gasteiger partial charge in [-0.15, -0.1) is 11.3 Å². The maximum Gasteiger partial charge on any atom is 0.0701 e. The third-order valence-electron chi connectivity index (χ3n) is 3.45. The van der Waals surface area contributed by atoms with Crippen molar-refractivity contribution >= 4 is 27.3 Å². The number of nitrogens with one attached hydrogen (secondary N) is 1. The van der Waals surface area contributed by atoms with E-state index in [1.54, 1.807) is 0 Å². The van der Waals surface area contributed by atoms with Gasteiger partial charge in [0, 0.05) is 4.88 Å². The van der Waals surface area contributed by atoms with Gasteiger partial charge in [0.15, 0.2) is 0 Å². The largest absolute Gasteiger partial charge is 0.316 e. The van der Waals surface area contributed by atoms with Crippen LogP contribution in [0.15, 0.2) is 15.9 Å². The second-order valence-corrected chi connectivity index (χ2v) is 7.45. The minimum absolute atomic E-state index is 0.890. The number of thiophene rings is 1. The molecule has 1 aliphatic rings. The van der Waals surface area contributed by atoms with Crippen molar-refractivity contribution in [3.63, 3.8) is 0 Å². The van der Waals surface area contributed by atoms with Gasteiger partial charge in [0.1, 0.15) is 0 Å². The van der Waals surface area contributed by atoms with Crippen molar-refractivity contribution in [2.24, 2.45) is 5.92 Å². The highest BCUT2D eigenvalue weighted by Gasteiger charge is 2.15. The van der Waals surface area contributed by atoms with E-state index in [9.17, 15) is 0 Å². The molecule has 0 aliphatic carbocycles. The first kappa shape index (κ1) is 13.5. The molecule has 1 N–H and O–H groups in total. The van der Waals surface area contributed by atoms with E-state index in [1.165, 1.54) is 41.1 Å². The number of hydrogen-bond donors (Lipinski definition) is 1. The molecular formula is C13H21BrN2S. The van der Waals surface area contributed by atoms with Crippen LogP contribution in [0.2, 0.25) is 0 Å². The van der Waals surface area contributed by atoms with Gasteiger partial charge in [-0.1, -0.05) is 0 Å². The Hall–Kier alpha value is 0.1000. The van der Waals surface area contributed by atoms with Crippen molar-refractivity contribution in [3.05, 3.63) is 20.8 Å². The van der Waals surface area contributed by atoms with E-state index in [4.69, 9.17) is 0 Å². The predicted octanol–water partition coefficient (Wildman–Crippen LogP) is 2.98. The molecule has 1 aromatic heterocycles. The number of halogens is 1. The van der Waals surface area contributed by atoms with Crippen LogP contribution >= 0.6 is 27.3 Å².